The van der Waals surface area contributed by atoms with Gasteiger partial charge in [-0.1, -0.05) is 76.2 Å². The van der Waals surface area contributed by atoms with E-state index >= 15 is 4.39 Å². The van der Waals surface area contributed by atoms with Crippen LogP contribution in [0, 0.1) is 17.8 Å². The Morgan fingerprint density at radius 3 is 1.59 bits per heavy atom. The average molecular weight is 849 g/mol. The fraction of sp³-hybridized carbons (Fsp3) is 0.476. The van der Waals surface area contributed by atoms with Crippen LogP contribution >= 0.6 is 23.5 Å². The van der Waals surface area contributed by atoms with Gasteiger partial charge in [0.1, 0.15) is 29.4 Å². The fourth-order valence-corrected chi connectivity index (χ4v) is 9.10. The fourth-order valence-electron chi connectivity index (χ4n) is 7.73. The maximum atomic E-state index is 15.6. The number of benzene rings is 2. The largest absolute Gasteiger partial charge is 0.453 e. The molecular formula is C42H53FN8O6S2. The topological polar surface area (TPSA) is 175 Å². The van der Waals surface area contributed by atoms with Crippen molar-refractivity contribution in [2.24, 2.45) is 11.8 Å². The van der Waals surface area contributed by atoms with Gasteiger partial charge < -0.3 is 39.9 Å². The van der Waals surface area contributed by atoms with E-state index in [9.17, 15) is 19.2 Å². The Bertz CT molecular complexity index is 2110. The summed E-state index contributed by atoms with van der Waals surface area (Å²) in [6.45, 7) is 8.47. The van der Waals surface area contributed by atoms with Gasteiger partial charge in [0.05, 0.1) is 38.2 Å². The van der Waals surface area contributed by atoms with Crippen molar-refractivity contribution in [3.8, 4) is 33.6 Å². The zero-order valence-corrected chi connectivity index (χ0v) is 36.2. The molecule has 0 saturated carbocycles. The number of halogens is 1. The number of hydrogen-bond donors (Lipinski definition) is 4. The van der Waals surface area contributed by atoms with Crippen LogP contribution in [-0.4, -0.2) is 116 Å². The van der Waals surface area contributed by atoms with Crippen LogP contribution in [0.25, 0.3) is 33.6 Å². The summed E-state index contributed by atoms with van der Waals surface area (Å²) in [4.78, 5) is 70.8. The predicted octanol–water partition coefficient (Wildman–Crippen LogP) is 7.04. The molecule has 2 fully saturated rings. The first-order chi connectivity index (χ1) is 28.3. The minimum atomic E-state index is -0.807. The first-order valence-corrected chi connectivity index (χ1v) is 22.2. The van der Waals surface area contributed by atoms with Gasteiger partial charge in [0, 0.05) is 29.2 Å². The number of imidazole rings is 2. The quantitative estimate of drug-likeness (QED) is 0.109. The molecule has 4 amide bonds. The molecule has 316 valence electrons. The van der Waals surface area contributed by atoms with Gasteiger partial charge in [0.2, 0.25) is 17.8 Å². The number of nitrogens with zero attached hydrogens (tertiary/aromatic N) is 4. The molecule has 0 radical (unpaired) electrons. The number of thioether (sulfide) groups is 2. The Balaban J connectivity index is 1.16. The number of hydrogen-bond acceptors (Lipinski definition) is 10. The van der Waals surface area contributed by atoms with Crippen molar-refractivity contribution in [2.75, 3.05) is 39.8 Å². The molecule has 0 spiro atoms. The van der Waals surface area contributed by atoms with Crippen LogP contribution in [0.15, 0.2) is 54.7 Å². The standard InChI is InChI=1S/C42H53FN8O6S2/c1-22(2)33(47-41(54)56-5)39(52)50-20-28(58-7)17-31(50)37-44-19-30(45-37)26-13-9-24(10-14-26)25-11-15-27(16-12-25)35-36(43)49-38(46-35)32-18-29(59-8)21-51(32)40(53)34(23(3)4)48-42(55)57-6/h9-16,19,22-23,28-29,31-34H,17-18,20-21H2,1-8H3,(H,44,45)(H,46,49)(H,47,54)(H,48,55)/t28-,29-,31-,32-,33-,34-/m0/s1. The van der Waals surface area contributed by atoms with Gasteiger partial charge in [0.15, 0.2) is 0 Å². The Morgan fingerprint density at radius 1 is 0.712 bits per heavy atom. The van der Waals surface area contributed by atoms with Crippen LogP contribution in [-0.2, 0) is 19.1 Å². The molecule has 0 unspecified atom stereocenters. The second kappa shape index (κ2) is 18.9. The zero-order chi connectivity index (χ0) is 42.5. The highest BCUT2D eigenvalue weighted by atomic mass is 32.2. The maximum Gasteiger partial charge on any atom is 0.407 e. The molecule has 4 N–H and O–H groups in total. The molecule has 14 nitrogen and oxygen atoms in total. The van der Waals surface area contributed by atoms with E-state index in [0.717, 1.165) is 28.8 Å². The number of amides is 4. The third-order valence-corrected chi connectivity index (χ3v) is 13.1. The van der Waals surface area contributed by atoms with Crippen molar-refractivity contribution in [1.29, 1.82) is 0 Å². The summed E-state index contributed by atoms with van der Waals surface area (Å²) in [5.74, 6) is -0.317. The summed E-state index contributed by atoms with van der Waals surface area (Å²) >= 11 is 3.34. The van der Waals surface area contributed by atoms with Gasteiger partial charge in [-0.15, -0.1) is 0 Å². The minimum Gasteiger partial charge on any atom is -0.453 e. The van der Waals surface area contributed by atoms with Gasteiger partial charge >= 0.3 is 12.2 Å². The zero-order valence-electron chi connectivity index (χ0n) is 34.6. The lowest BCUT2D eigenvalue weighted by Crippen LogP contribution is -2.51. The third kappa shape index (κ3) is 9.56. The summed E-state index contributed by atoms with van der Waals surface area (Å²) in [6, 6.07) is 13.2. The van der Waals surface area contributed by atoms with E-state index in [0.29, 0.717) is 36.7 Å². The number of H-pyrrole nitrogens is 2. The first kappa shape index (κ1) is 43.5. The van der Waals surface area contributed by atoms with Crippen molar-refractivity contribution in [3.63, 3.8) is 0 Å². The SMILES string of the molecule is COC(=O)N[C@H](C(=O)N1C[C@@H](SC)C[C@H]1c1ncc(-c2ccc(-c3ccc(-c4nc([C@@H]5C[C@H](SC)CN5C(=O)[C@@H](NC(=O)OC)C(C)C)[nH]c4F)cc3)cc2)[nH]1)C(C)C. The number of aromatic nitrogens is 4. The molecule has 6 atom stereocenters. The van der Waals surface area contributed by atoms with E-state index in [1.807, 2.05) is 93.6 Å². The van der Waals surface area contributed by atoms with Crippen LogP contribution in [0.4, 0.5) is 14.0 Å². The monoisotopic (exact) mass is 848 g/mol. The van der Waals surface area contributed by atoms with Crippen molar-refractivity contribution >= 4 is 47.5 Å². The number of alkyl carbamates (subject to hydrolysis) is 2. The predicted molar refractivity (Wildman–Crippen MR) is 228 cm³/mol. The normalized spacial score (nSPS) is 20.2. The lowest BCUT2D eigenvalue weighted by molar-refractivity contribution is -0.136. The number of likely N-dealkylation sites (tertiary alicyclic amines) is 2. The number of nitrogens with one attached hydrogen (secondary N) is 4. The van der Waals surface area contributed by atoms with E-state index in [2.05, 4.69) is 25.6 Å². The van der Waals surface area contributed by atoms with Crippen LogP contribution in [0.5, 0.6) is 0 Å². The highest BCUT2D eigenvalue weighted by molar-refractivity contribution is 7.99. The van der Waals surface area contributed by atoms with Crippen molar-refractivity contribution < 1.29 is 33.0 Å². The van der Waals surface area contributed by atoms with Gasteiger partial charge in [-0.2, -0.15) is 27.9 Å². The summed E-state index contributed by atoms with van der Waals surface area (Å²) in [7, 11) is 2.53. The van der Waals surface area contributed by atoms with E-state index in [1.54, 1.807) is 34.6 Å². The summed E-state index contributed by atoms with van der Waals surface area (Å²) in [6.07, 6.45) is 5.77. The number of ether oxygens (including phenoxy) is 2. The molecule has 4 aromatic rings. The van der Waals surface area contributed by atoms with E-state index < -0.39 is 36.3 Å². The Labute approximate surface area is 352 Å². The summed E-state index contributed by atoms with van der Waals surface area (Å²) in [5, 5.41) is 5.71. The molecular weight excluding hydrogens is 796 g/mol. The van der Waals surface area contributed by atoms with Gasteiger partial charge in [-0.05, 0) is 53.9 Å². The lowest BCUT2D eigenvalue weighted by atomic mass is 10.0. The molecule has 4 heterocycles. The highest BCUT2D eigenvalue weighted by Gasteiger charge is 2.43. The molecule has 2 aliphatic heterocycles. The molecule has 59 heavy (non-hydrogen) atoms. The summed E-state index contributed by atoms with van der Waals surface area (Å²) < 4.78 is 25.1. The Kier molecular flexibility index (Phi) is 14.0. The number of rotatable bonds is 13. The van der Waals surface area contributed by atoms with Crippen molar-refractivity contribution in [1.82, 2.24) is 40.4 Å². The lowest BCUT2D eigenvalue weighted by Gasteiger charge is -2.30. The number of aromatic amines is 2. The molecule has 2 saturated heterocycles. The second-order valence-electron chi connectivity index (χ2n) is 15.5. The molecule has 2 aromatic carbocycles. The number of carbonyl (C=O) groups excluding carboxylic acids is 4. The molecule has 2 aromatic heterocycles. The van der Waals surface area contributed by atoms with Gasteiger partial charge in [-0.3, -0.25) is 9.59 Å². The van der Waals surface area contributed by atoms with Crippen LogP contribution < -0.4 is 10.6 Å². The molecule has 17 heteroatoms. The van der Waals surface area contributed by atoms with Crippen molar-refractivity contribution in [2.45, 2.75) is 75.2 Å². The maximum absolute atomic E-state index is 15.6. The Morgan fingerprint density at radius 2 is 1.15 bits per heavy atom. The van der Waals surface area contributed by atoms with Gasteiger partial charge in [0.25, 0.3) is 0 Å². The van der Waals surface area contributed by atoms with E-state index in [-0.39, 0.29) is 45.9 Å². The third-order valence-electron chi connectivity index (χ3n) is 11.1. The van der Waals surface area contributed by atoms with Crippen molar-refractivity contribution in [3.05, 3.63) is 72.3 Å². The summed E-state index contributed by atoms with van der Waals surface area (Å²) in [5.41, 5.74) is 4.37. The smallest absolute Gasteiger partial charge is 0.407 e. The number of methoxy groups -OCH3 is 2. The Hall–Kier alpha value is -5.03. The average Bonchev–Trinajstić information content (AvgIpc) is 4.06. The van der Waals surface area contributed by atoms with E-state index in [4.69, 9.17) is 14.5 Å². The highest BCUT2D eigenvalue weighted by Crippen LogP contribution is 2.39. The first-order valence-electron chi connectivity index (χ1n) is 19.6. The molecule has 2 aliphatic rings. The number of carbonyl (C=O) groups is 4. The van der Waals surface area contributed by atoms with E-state index in [1.165, 1.54) is 14.2 Å². The second-order valence-corrected chi connectivity index (χ2v) is 17.8. The molecule has 6 rings (SSSR count). The van der Waals surface area contributed by atoms with Crippen LogP contribution in [0.3, 0.4) is 0 Å². The van der Waals surface area contributed by atoms with Crippen LogP contribution in [0.2, 0.25) is 0 Å². The van der Waals surface area contributed by atoms with Crippen LogP contribution in [0.1, 0.15) is 64.3 Å². The molecule has 0 bridgehead atoms. The minimum absolute atomic E-state index is 0.120. The van der Waals surface area contributed by atoms with Gasteiger partial charge in [-0.25, -0.2) is 19.6 Å². The molecule has 0 aliphatic carbocycles.